The number of fused-ring (bicyclic) bond motifs is 1. The highest BCUT2D eigenvalue weighted by Gasteiger charge is 2.53. The van der Waals surface area contributed by atoms with E-state index in [-0.39, 0.29) is 5.41 Å². The van der Waals surface area contributed by atoms with Crippen LogP contribution in [0.15, 0.2) is 6.07 Å². The zero-order valence-electron chi connectivity index (χ0n) is 9.78. The molecule has 17 heavy (non-hydrogen) atoms. The van der Waals surface area contributed by atoms with Crippen LogP contribution in [0, 0.1) is 12.8 Å². The second kappa shape index (κ2) is 3.71. The number of hydrogen-bond donors (Lipinski definition) is 2. The second-order valence-electron chi connectivity index (χ2n) is 5.46. The van der Waals surface area contributed by atoms with Crippen LogP contribution in [0.25, 0.3) is 0 Å². The van der Waals surface area contributed by atoms with Crippen LogP contribution in [-0.2, 0) is 5.41 Å². The highest BCUT2D eigenvalue weighted by molar-refractivity contribution is 6.59. The molecule has 3 saturated carbocycles. The molecule has 5 heteroatoms. The summed E-state index contributed by atoms with van der Waals surface area (Å²) in [7, 11) is -1.50. The molecule has 3 fully saturated rings. The molecule has 90 valence electrons. The molecule has 4 rings (SSSR count). The molecule has 0 amide bonds. The van der Waals surface area contributed by atoms with Crippen molar-refractivity contribution in [2.45, 2.75) is 38.0 Å². The molecule has 0 spiro atoms. The van der Waals surface area contributed by atoms with Crippen LogP contribution in [0.5, 0.6) is 0 Å². The van der Waals surface area contributed by atoms with Crippen LogP contribution < -0.4 is 5.46 Å². The van der Waals surface area contributed by atoms with Crippen LogP contribution in [0.3, 0.4) is 0 Å². The Bertz CT molecular complexity index is 466. The number of rotatable bonds is 2. The number of halogens is 1. The molecule has 1 heterocycles. The third-order valence-electron chi connectivity index (χ3n) is 4.38. The Labute approximate surface area is 106 Å². The molecule has 3 aliphatic carbocycles. The molecule has 3 nitrogen and oxygen atoms in total. The average molecular weight is 252 g/mol. The molecule has 3 aliphatic rings. The van der Waals surface area contributed by atoms with Crippen molar-refractivity contribution in [2.24, 2.45) is 5.92 Å². The quantitative estimate of drug-likeness (QED) is 0.776. The van der Waals surface area contributed by atoms with E-state index in [4.69, 9.17) is 11.6 Å². The van der Waals surface area contributed by atoms with Crippen molar-refractivity contribution in [3.05, 3.63) is 22.5 Å². The predicted octanol–water partition coefficient (Wildman–Crippen LogP) is 1.16. The van der Waals surface area contributed by atoms with Gasteiger partial charge in [-0.2, -0.15) is 0 Å². The third-order valence-corrected chi connectivity index (χ3v) is 4.66. The van der Waals surface area contributed by atoms with Crippen molar-refractivity contribution < 1.29 is 10.0 Å². The van der Waals surface area contributed by atoms with E-state index >= 15 is 0 Å². The standard InChI is InChI=1S/C12H15BClNO2/c1-7-9(13(16)17)4-10(14)11(15-7)12-3-2-8(5-12)6-12/h4,8,16-17H,2-3,5-6H2,1H3. The van der Waals surface area contributed by atoms with Crippen molar-refractivity contribution in [1.29, 1.82) is 0 Å². The van der Waals surface area contributed by atoms with Gasteiger partial charge in [-0.3, -0.25) is 4.98 Å². The Balaban J connectivity index is 2.04. The lowest BCUT2D eigenvalue weighted by Crippen LogP contribution is -2.37. The lowest BCUT2D eigenvalue weighted by molar-refractivity contribution is 0.237. The molecular formula is C12H15BClNO2. The second-order valence-corrected chi connectivity index (χ2v) is 5.87. The zero-order chi connectivity index (χ0) is 12.2. The fraction of sp³-hybridized carbons (Fsp3) is 0.583. The van der Waals surface area contributed by atoms with E-state index in [9.17, 15) is 10.0 Å². The number of aromatic nitrogens is 1. The highest BCUT2D eigenvalue weighted by atomic mass is 35.5. The maximum Gasteiger partial charge on any atom is 0.490 e. The molecule has 1 aromatic rings. The van der Waals surface area contributed by atoms with E-state index in [1.54, 1.807) is 13.0 Å². The van der Waals surface area contributed by atoms with E-state index in [2.05, 4.69) is 4.98 Å². The van der Waals surface area contributed by atoms with E-state index in [1.807, 2.05) is 0 Å². The van der Waals surface area contributed by atoms with Crippen molar-refractivity contribution in [3.8, 4) is 0 Å². The molecular weight excluding hydrogens is 236 g/mol. The molecule has 0 unspecified atom stereocenters. The topological polar surface area (TPSA) is 53.4 Å². The first-order chi connectivity index (χ1) is 8.02. The van der Waals surface area contributed by atoms with Gasteiger partial charge in [0.15, 0.2) is 0 Å². The zero-order valence-corrected chi connectivity index (χ0v) is 10.5. The summed E-state index contributed by atoms with van der Waals surface area (Å²) in [4.78, 5) is 4.53. The van der Waals surface area contributed by atoms with E-state index in [1.165, 1.54) is 25.7 Å². The minimum atomic E-state index is -1.50. The van der Waals surface area contributed by atoms with Gasteiger partial charge in [0.1, 0.15) is 0 Å². The first kappa shape index (κ1) is 11.5. The third kappa shape index (κ3) is 1.62. The summed E-state index contributed by atoms with van der Waals surface area (Å²) in [6.45, 7) is 1.80. The Morgan fingerprint density at radius 3 is 2.71 bits per heavy atom. The lowest BCUT2D eigenvalue weighted by atomic mass is 9.67. The van der Waals surface area contributed by atoms with Gasteiger partial charge < -0.3 is 10.0 Å². The van der Waals surface area contributed by atoms with Crippen LogP contribution >= 0.6 is 11.6 Å². The fourth-order valence-corrected chi connectivity index (χ4v) is 3.83. The number of aryl methyl sites for hydroxylation is 1. The van der Waals surface area contributed by atoms with Crippen LogP contribution in [-0.4, -0.2) is 22.2 Å². The highest BCUT2D eigenvalue weighted by Crippen LogP contribution is 2.60. The average Bonchev–Trinajstić information content (AvgIpc) is 2.79. The Morgan fingerprint density at radius 1 is 1.47 bits per heavy atom. The van der Waals surface area contributed by atoms with Gasteiger partial charge in [-0.05, 0) is 44.6 Å². The van der Waals surface area contributed by atoms with Gasteiger partial charge in [0.2, 0.25) is 0 Å². The van der Waals surface area contributed by atoms with Crippen LogP contribution in [0.2, 0.25) is 5.02 Å². The minimum absolute atomic E-state index is 0.186. The van der Waals surface area contributed by atoms with Crippen molar-refractivity contribution in [3.63, 3.8) is 0 Å². The summed E-state index contributed by atoms with van der Waals surface area (Å²) < 4.78 is 0. The molecule has 0 aliphatic heterocycles. The van der Waals surface area contributed by atoms with Gasteiger partial charge in [0, 0.05) is 16.6 Å². The maximum atomic E-state index is 9.22. The first-order valence-electron chi connectivity index (χ1n) is 6.05. The summed E-state index contributed by atoms with van der Waals surface area (Å²) in [5, 5.41) is 19.0. The molecule has 0 saturated heterocycles. The van der Waals surface area contributed by atoms with Crippen LogP contribution in [0.4, 0.5) is 0 Å². The van der Waals surface area contributed by atoms with E-state index < -0.39 is 7.12 Å². The molecule has 1 aromatic heterocycles. The molecule has 0 radical (unpaired) electrons. The first-order valence-corrected chi connectivity index (χ1v) is 6.43. The van der Waals surface area contributed by atoms with Gasteiger partial charge in [-0.1, -0.05) is 11.6 Å². The molecule has 0 atom stereocenters. The lowest BCUT2D eigenvalue weighted by Gasteiger charge is -2.38. The summed E-state index contributed by atoms with van der Waals surface area (Å²) in [5.41, 5.74) is 2.23. The summed E-state index contributed by atoms with van der Waals surface area (Å²) in [6, 6.07) is 1.66. The Morgan fingerprint density at radius 2 is 2.18 bits per heavy atom. The monoisotopic (exact) mass is 251 g/mol. The molecule has 2 N–H and O–H groups in total. The Kier molecular flexibility index (Phi) is 2.51. The van der Waals surface area contributed by atoms with Gasteiger partial charge in [0.25, 0.3) is 0 Å². The van der Waals surface area contributed by atoms with E-state index in [0.717, 1.165) is 11.6 Å². The van der Waals surface area contributed by atoms with Gasteiger partial charge >= 0.3 is 7.12 Å². The smallest absolute Gasteiger partial charge is 0.423 e. The summed E-state index contributed by atoms with van der Waals surface area (Å²) in [6.07, 6.45) is 4.84. The minimum Gasteiger partial charge on any atom is -0.423 e. The number of pyridine rings is 1. The predicted molar refractivity (Wildman–Crippen MR) is 67.4 cm³/mol. The molecule has 2 bridgehead atoms. The largest absolute Gasteiger partial charge is 0.490 e. The molecule has 0 aromatic carbocycles. The SMILES string of the molecule is Cc1nc(C23CCC(C2)C3)c(Cl)cc1B(O)O. The Hall–Kier alpha value is -0.575. The van der Waals surface area contributed by atoms with Crippen molar-refractivity contribution in [2.75, 3.05) is 0 Å². The van der Waals surface area contributed by atoms with Gasteiger partial charge in [0.05, 0.1) is 10.7 Å². The summed E-state index contributed by atoms with van der Waals surface area (Å²) in [5.74, 6) is 0.858. The van der Waals surface area contributed by atoms with Crippen molar-refractivity contribution in [1.82, 2.24) is 4.98 Å². The maximum absolute atomic E-state index is 9.22. The summed E-state index contributed by atoms with van der Waals surface area (Å²) >= 11 is 6.26. The van der Waals surface area contributed by atoms with Gasteiger partial charge in [-0.15, -0.1) is 0 Å². The number of hydrogen-bond acceptors (Lipinski definition) is 3. The van der Waals surface area contributed by atoms with Crippen LogP contribution in [0.1, 0.15) is 37.1 Å². The normalized spacial score (nSPS) is 30.2. The van der Waals surface area contributed by atoms with E-state index in [0.29, 0.717) is 16.2 Å². The fourth-order valence-electron chi connectivity index (χ4n) is 3.47. The van der Waals surface area contributed by atoms with Gasteiger partial charge in [-0.25, -0.2) is 0 Å². The number of nitrogens with zero attached hydrogens (tertiary/aromatic N) is 1. The van der Waals surface area contributed by atoms with Crippen molar-refractivity contribution >= 4 is 24.2 Å².